The van der Waals surface area contributed by atoms with Gasteiger partial charge in [-0.3, -0.25) is 14.3 Å². The van der Waals surface area contributed by atoms with Gasteiger partial charge in [0.2, 0.25) is 0 Å². The summed E-state index contributed by atoms with van der Waals surface area (Å²) in [5.74, 6) is 0. The molecule has 0 unspecified atom stereocenters. The Morgan fingerprint density at radius 2 is 2.30 bits per heavy atom. The Hall–Kier alpha value is -1.48. The summed E-state index contributed by atoms with van der Waals surface area (Å²) >= 11 is 0. The highest BCUT2D eigenvalue weighted by Crippen LogP contribution is 2.46. The molecule has 2 aliphatic rings. The summed E-state index contributed by atoms with van der Waals surface area (Å²) in [5, 5.41) is 19.6. The molecule has 4 atom stereocenters. The van der Waals surface area contributed by atoms with Gasteiger partial charge in [-0.1, -0.05) is 0 Å². The highest BCUT2D eigenvalue weighted by molar-refractivity contribution is 5.06. The number of aliphatic hydroxyl groups excluding tert-OH is 2. The Morgan fingerprint density at radius 1 is 1.50 bits per heavy atom. The van der Waals surface area contributed by atoms with Crippen molar-refractivity contribution in [1.82, 2.24) is 9.55 Å². The molecule has 8 nitrogen and oxygen atoms in total. The summed E-state index contributed by atoms with van der Waals surface area (Å²) in [6.07, 6.45) is -0.173. The molecular formula is C12H16N2O6. The van der Waals surface area contributed by atoms with Crippen molar-refractivity contribution in [3.8, 4) is 0 Å². The number of hydrogen-bond donors (Lipinski definition) is 3. The highest BCUT2D eigenvalue weighted by atomic mass is 16.6. The van der Waals surface area contributed by atoms with Gasteiger partial charge in [-0.25, -0.2) is 4.79 Å². The maximum atomic E-state index is 11.9. The van der Waals surface area contributed by atoms with Gasteiger partial charge in [-0.15, -0.1) is 0 Å². The molecule has 110 valence electrons. The van der Waals surface area contributed by atoms with Crippen LogP contribution in [0.3, 0.4) is 0 Å². The van der Waals surface area contributed by atoms with Crippen LogP contribution in [-0.2, 0) is 9.47 Å². The van der Waals surface area contributed by atoms with E-state index in [0.29, 0.717) is 13.0 Å². The minimum absolute atomic E-state index is 0.374. The molecule has 3 rings (SSSR count). The third-order valence-corrected chi connectivity index (χ3v) is 3.94. The Bertz CT molecular complexity index is 602. The molecule has 3 heterocycles. The van der Waals surface area contributed by atoms with Gasteiger partial charge in [0.25, 0.3) is 5.56 Å². The van der Waals surface area contributed by atoms with Crippen molar-refractivity contribution in [1.29, 1.82) is 0 Å². The van der Waals surface area contributed by atoms with Crippen molar-refractivity contribution in [3.63, 3.8) is 0 Å². The summed E-state index contributed by atoms with van der Waals surface area (Å²) in [6.45, 7) is 0.0774. The lowest BCUT2D eigenvalue weighted by Gasteiger charge is -2.31. The summed E-state index contributed by atoms with van der Waals surface area (Å²) in [6, 6.07) is 1.20. The lowest BCUT2D eigenvalue weighted by atomic mass is 9.91. The van der Waals surface area contributed by atoms with Crippen molar-refractivity contribution >= 4 is 0 Å². The molecule has 2 aliphatic heterocycles. The van der Waals surface area contributed by atoms with E-state index in [2.05, 4.69) is 4.98 Å². The SMILES string of the molecule is O=c1ccn([C@@H]2O[C@H](CO)[C@@H](O)[C@@]23CCCO3)c(=O)[nH]1. The van der Waals surface area contributed by atoms with E-state index in [1.54, 1.807) is 0 Å². The quantitative estimate of drug-likeness (QED) is 0.599. The van der Waals surface area contributed by atoms with Crippen molar-refractivity contribution in [2.45, 2.75) is 36.9 Å². The second-order valence-corrected chi connectivity index (χ2v) is 5.08. The van der Waals surface area contributed by atoms with E-state index in [4.69, 9.17) is 9.47 Å². The summed E-state index contributed by atoms with van der Waals surface area (Å²) in [5.41, 5.74) is -2.21. The van der Waals surface area contributed by atoms with Crippen LogP contribution in [0.4, 0.5) is 0 Å². The normalized spacial score (nSPS) is 36.8. The number of ether oxygens (including phenoxy) is 2. The van der Waals surface area contributed by atoms with Crippen LogP contribution in [0.25, 0.3) is 0 Å². The van der Waals surface area contributed by atoms with Crippen molar-refractivity contribution in [3.05, 3.63) is 33.1 Å². The van der Waals surface area contributed by atoms with E-state index in [1.807, 2.05) is 0 Å². The molecule has 0 aliphatic carbocycles. The number of rotatable bonds is 2. The third-order valence-electron chi connectivity index (χ3n) is 3.94. The lowest BCUT2D eigenvalue weighted by Crippen LogP contribution is -2.48. The first kappa shape index (κ1) is 13.5. The number of nitrogens with one attached hydrogen (secondary N) is 1. The Kier molecular flexibility index (Phi) is 3.25. The zero-order valence-electron chi connectivity index (χ0n) is 10.7. The van der Waals surface area contributed by atoms with Gasteiger partial charge in [0, 0.05) is 18.9 Å². The zero-order valence-corrected chi connectivity index (χ0v) is 10.7. The van der Waals surface area contributed by atoms with E-state index in [9.17, 15) is 19.8 Å². The zero-order chi connectivity index (χ0) is 14.3. The fourth-order valence-corrected chi connectivity index (χ4v) is 2.98. The van der Waals surface area contributed by atoms with E-state index >= 15 is 0 Å². The van der Waals surface area contributed by atoms with Crippen LogP contribution in [0.2, 0.25) is 0 Å². The smallest absolute Gasteiger partial charge is 0.330 e. The van der Waals surface area contributed by atoms with E-state index in [0.717, 1.165) is 6.42 Å². The fraction of sp³-hybridized carbons (Fsp3) is 0.667. The van der Waals surface area contributed by atoms with E-state index in [1.165, 1.54) is 16.8 Å². The molecule has 2 saturated heterocycles. The van der Waals surface area contributed by atoms with Gasteiger partial charge in [-0.05, 0) is 12.8 Å². The van der Waals surface area contributed by atoms with Crippen LogP contribution >= 0.6 is 0 Å². The first-order valence-corrected chi connectivity index (χ1v) is 6.48. The van der Waals surface area contributed by atoms with Crippen molar-refractivity contribution in [2.24, 2.45) is 0 Å². The molecule has 8 heteroatoms. The van der Waals surface area contributed by atoms with Gasteiger partial charge < -0.3 is 19.7 Å². The largest absolute Gasteiger partial charge is 0.394 e. The Morgan fingerprint density at radius 3 is 2.90 bits per heavy atom. The van der Waals surface area contributed by atoms with Gasteiger partial charge in [-0.2, -0.15) is 0 Å². The number of H-pyrrole nitrogens is 1. The lowest BCUT2D eigenvalue weighted by molar-refractivity contribution is -0.122. The number of aromatic nitrogens is 2. The predicted octanol–water partition coefficient (Wildman–Crippen LogP) is -1.66. The fourth-order valence-electron chi connectivity index (χ4n) is 2.98. The summed E-state index contributed by atoms with van der Waals surface area (Å²) < 4.78 is 12.4. The number of aromatic amines is 1. The molecule has 3 N–H and O–H groups in total. The molecule has 0 saturated carbocycles. The molecule has 20 heavy (non-hydrogen) atoms. The van der Waals surface area contributed by atoms with Crippen LogP contribution < -0.4 is 11.2 Å². The maximum absolute atomic E-state index is 11.9. The number of hydrogen-bond acceptors (Lipinski definition) is 6. The van der Waals surface area contributed by atoms with Crippen LogP contribution in [-0.4, -0.2) is 50.8 Å². The molecule has 0 amide bonds. The average Bonchev–Trinajstić information content (AvgIpc) is 3.00. The standard InChI is InChI=1S/C12H16N2O6/c15-6-7-9(17)12(3-1-5-19-12)10(20-7)14-4-2-8(16)13-11(14)18/h2,4,7,9-10,15,17H,1,3,5-6H2,(H,13,16,18)/t7-,9-,10-,12+/m1/s1. The van der Waals surface area contributed by atoms with Crippen LogP contribution in [0.15, 0.2) is 21.9 Å². The molecule has 1 aromatic heterocycles. The Labute approximate surface area is 113 Å². The molecule has 0 aromatic carbocycles. The molecule has 2 fully saturated rings. The molecule has 0 bridgehead atoms. The van der Waals surface area contributed by atoms with E-state index in [-0.39, 0.29) is 6.61 Å². The second kappa shape index (κ2) is 4.81. The Balaban J connectivity index is 2.06. The maximum Gasteiger partial charge on any atom is 0.330 e. The van der Waals surface area contributed by atoms with Gasteiger partial charge in [0.1, 0.15) is 17.8 Å². The molecule has 1 aromatic rings. The minimum Gasteiger partial charge on any atom is -0.394 e. The van der Waals surface area contributed by atoms with Crippen molar-refractivity contribution < 1.29 is 19.7 Å². The highest BCUT2D eigenvalue weighted by Gasteiger charge is 2.59. The van der Waals surface area contributed by atoms with Gasteiger partial charge in [0.05, 0.1) is 6.61 Å². The second-order valence-electron chi connectivity index (χ2n) is 5.08. The minimum atomic E-state index is -1.06. The molecular weight excluding hydrogens is 268 g/mol. The van der Waals surface area contributed by atoms with Crippen LogP contribution in [0, 0.1) is 0 Å². The summed E-state index contributed by atoms with van der Waals surface area (Å²) in [4.78, 5) is 25.2. The van der Waals surface area contributed by atoms with Crippen molar-refractivity contribution in [2.75, 3.05) is 13.2 Å². The monoisotopic (exact) mass is 284 g/mol. The predicted molar refractivity (Wildman–Crippen MR) is 66.2 cm³/mol. The first-order chi connectivity index (χ1) is 9.58. The molecule has 0 radical (unpaired) electrons. The van der Waals surface area contributed by atoms with Gasteiger partial charge >= 0.3 is 5.69 Å². The first-order valence-electron chi connectivity index (χ1n) is 6.48. The van der Waals surface area contributed by atoms with E-state index < -0.39 is 35.3 Å². The summed E-state index contributed by atoms with van der Waals surface area (Å²) in [7, 11) is 0. The van der Waals surface area contributed by atoms with Crippen LogP contribution in [0.1, 0.15) is 19.1 Å². The number of nitrogens with zero attached hydrogens (tertiary/aromatic N) is 1. The third kappa shape index (κ3) is 1.84. The molecule has 1 spiro atoms. The number of aliphatic hydroxyl groups is 2. The average molecular weight is 284 g/mol. The topological polar surface area (TPSA) is 114 Å². The van der Waals surface area contributed by atoms with Gasteiger partial charge in [0.15, 0.2) is 6.23 Å². The van der Waals surface area contributed by atoms with Crippen LogP contribution in [0.5, 0.6) is 0 Å².